The number of rotatable bonds is 8. The topological polar surface area (TPSA) is 39.1 Å². The Balaban J connectivity index is 2.35. The summed E-state index contributed by atoms with van der Waals surface area (Å²) >= 11 is 0. The van der Waals surface area contributed by atoms with Gasteiger partial charge in [0.2, 0.25) is 0 Å². The number of benzene rings is 1. The maximum Gasteiger partial charge on any atom is 0.121 e. The number of hydrogen-bond donors (Lipinski definition) is 1. The van der Waals surface area contributed by atoms with Gasteiger partial charge in [0.25, 0.3) is 0 Å². The summed E-state index contributed by atoms with van der Waals surface area (Å²) in [6.07, 6.45) is 3.52. The Morgan fingerprint density at radius 2 is 2.14 bits per heavy atom. The van der Waals surface area contributed by atoms with Gasteiger partial charge >= 0.3 is 0 Å². The lowest BCUT2D eigenvalue weighted by Gasteiger charge is -2.10. The van der Waals surface area contributed by atoms with E-state index in [1.165, 1.54) is 18.4 Å². The minimum atomic E-state index is 0.188. The van der Waals surface area contributed by atoms with E-state index in [1.54, 1.807) is 0 Å². The van der Waals surface area contributed by atoms with Crippen LogP contribution in [0.5, 0.6) is 5.75 Å². The Labute approximate surface area is 127 Å². The Kier molecular flexibility index (Phi) is 5.62. The molecule has 2 aromatic rings. The molecule has 1 N–H and O–H groups in total. The number of aryl methyl sites for hydroxylation is 1. The smallest absolute Gasteiger partial charge is 0.121 e. The molecular formula is C17H27N3O. The van der Waals surface area contributed by atoms with Gasteiger partial charge in [0, 0.05) is 25.6 Å². The quantitative estimate of drug-likeness (QED) is 0.809. The van der Waals surface area contributed by atoms with Crippen LogP contribution in [-0.4, -0.2) is 29.2 Å². The molecule has 0 aliphatic heterocycles. The minimum absolute atomic E-state index is 0.188. The molecule has 0 saturated carbocycles. The fourth-order valence-corrected chi connectivity index (χ4v) is 2.50. The lowest BCUT2D eigenvalue weighted by atomic mass is 10.2. The second kappa shape index (κ2) is 7.46. The van der Waals surface area contributed by atoms with E-state index in [0.717, 1.165) is 36.6 Å². The van der Waals surface area contributed by atoms with E-state index in [2.05, 4.69) is 28.9 Å². The summed E-state index contributed by atoms with van der Waals surface area (Å²) in [7, 11) is 1.98. The van der Waals surface area contributed by atoms with Crippen molar-refractivity contribution in [3.05, 3.63) is 24.0 Å². The van der Waals surface area contributed by atoms with Crippen LogP contribution in [0.25, 0.3) is 11.0 Å². The van der Waals surface area contributed by atoms with Crippen molar-refractivity contribution in [2.24, 2.45) is 0 Å². The summed E-state index contributed by atoms with van der Waals surface area (Å²) in [5.74, 6) is 2.06. The van der Waals surface area contributed by atoms with E-state index >= 15 is 0 Å². The number of nitrogens with one attached hydrogen (secondary N) is 1. The number of unbranched alkanes of at least 4 members (excludes halogenated alkanes) is 1. The molecule has 0 fully saturated rings. The molecule has 4 nitrogen and oxygen atoms in total. The van der Waals surface area contributed by atoms with E-state index in [0.29, 0.717) is 0 Å². The molecule has 0 unspecified atom stereocenters. The third kappa shape index (κ3) is 3.97. The van der Waals surface area contributed by atoms with E-state index < -0.39 is 0 Å². The highest BCUT2D eigenvalue weighted by atomic mass is 16.5. The second-order valence-electron chi connectivity index (χ2n) is 5.70. The van der Waals surface area contributed by atoms with E-state index in [1.807, 2.05) is 27.0 Å². The van der Waals surface area contributed by atoms with Crippen LogP contribution in [0.3, 0.4) is 0 Å². The average molecular weight is 289 g/mol. The molecule has 21 heavy (non-hydrogen) atoms. The van der Waals surface area contributed by atoms with Gasteiger partial charge in [0.1, 0.15) is 11.6 Å². The SMILES string of the molecule is CCCCn1c(CCNC)nc2cc(OC(C)C)ccc21. The van der Waals surface area contributed by atoms with Crippen LogP contribution in [0.2, 0.25) is 0 Å². The molecule has 1 heterocycles. The number of imidazole rings is 1. The van der Waals surface area contributed by atoms with Gasteiger partial charge in [0.15, 0.2) is 0 Å². The molecule has 0 aliphatic carbocycles. The standard InChI is InChI=1S/C17H27N3O/c1-5-6-11-20-16-8-7-14(21-13(2)3)12-15(16)19-17(20)9-10-18-4/h7-8,12-13,18H,5-6,9-11H2,1-4H3. The Bertz CT molecular complexity index is 575. The summed E-state index contributed by atoms with van der Waals surface area (Å²) < 4.78 is 8.13. The summed E-state index contributed by atoms with van der Waals surface area (Å²) in [5.41, 5.74) is 2.25. The van der Waals surface area contributed by atoms with Crippen molar-refractivity contribution < 1.29 is 4.74 Å². The summed E-state index contributed by atoms with van der Waals surface area (Å²) in [5, 5.41) is 3.20. The maximum absolute atomic E-state index is 5.77. The molecular weight excluding hydrogens is 262 g/mol. The van der Waals surface area contributed by atoms with Crippen molar-refractivity contribution in [1.29, 1.82) is 0 Å². The van der Waals surface area contributed by atoms with Crippen molar-refractivity contribution in [3.63, 3.8) is 0 Å². The summed E-state index contributed by atoms with van der Waals surface area (Å²) in [6, 6.07) is 6.24. The van der Waals surface area contributed by atoms with Gasteiger partial charge < -0.3 is 14.6 Å². The van der Waals surface area contributed by atoms with Crippen LogP contribution in [0.15, 0.2) is 18.2 Å². The number of fused-ring (bicyclic) bond motifs is 1. The normalized spacial score (nSPS) is 11.5. The lowest BCUT2D eigenvalue weighted by molar-refractivity contribution is 0.242. The molecule has 0 aliphatic rings. The zero-order valence-electron chi connectivity index (χ0n) is 13.6. The number of likely N-dealkylation sites (N-methyl/N-ethyl adjacent to an activating group) is 1. The fourth-order valence-electron chi connectivity index (χ4n) is 2.50. The maximum atomic E-state index is 5.77. The van der Waals surface area contributed by atoms with Crippen LogP contribution < -0.4 is 10.1 Å². The van der Waals surface area contributed by atoms with Crippen molar-refractivity contribution >= 4 is 11.0 Å². The molecule has 0 amide bonds. The van der Waals surface area contributed by atoms with Crippen molar-refractivity contribution in [3.8, 4) is 5.75 Å². The number of hydrogen-bond acceptors (Lipinski definition) is 3. The molecule has 2 rings (SSSR count). The van der Waals surface area contributed by atoms with E-state index in [-0.39, 0.29) is 6.10 Å². The van der Waals surface area contributed by atoms with Gasteiger partial charge in [0.05, 0.1) is 17.1 Å². The molecule has 1 aromatic carbocycles. The van der Waals surface area contributed by atoms with Crippen LogP contribution >= 0.6 is 0 Å². The number of ether oxygens (including phenoxy) is 1. The van der Waals surface area contributed by atoms with Crippen molar-refractivity contribution in [2.45, 2.75) is 52.7 Å². The largest absolute Gasteiger partial charge is 0.491 e. The molecule has 0 radical (unpaired) electrons. The highest BCUT2D eigenvalue weighted by molar-refractivity contribution is 5.77. The minimum Gasteiger partial charge on any atom is -0.491 e. The predicted molar refractivity (Wildman–Crippen MR) is 88.0 cm³/mol. The molecule has 0 saturated heterocycles. The highest BCUT2D eigenvalue weighted by Crippen LogP contribution is 2.23. The summed E-state index contributed by atoms with van der Waals surface area (Å²) in [6.45, 7) is 8.30. The second-order valence-corrected chi connectivity index (χ2v) is 5.70. The molecule has 1 aromatic heterocycles. The third-order valence-corrected chi connectivity index (χ3v) is 3.50. The predicted octanol–water partition coefficient (Wildman–Crippen LogP) is 3.39. The third-order valence-electron chi connectivity index (χ3n) is 3.50. The Hall–Kier alpha value is -1.55. The van der Waals surface area contributed by atoms with Gasteiger partial charge in [-0.15, -0.1) is 0 Å². The van der Waals surface area contributed by atoms with Gasteiger partial charge in [-0.2, -0.15) is 0 Å². The average Bonchev–Trinajstić information content (AvgIpc) is 2.79. The first kappa shape index (κ1) is 15.8. The molecule has 0 atom stereocenters. The molecule has 4 heteroatoms. The highest BCUT2D eigenvalue weighted by Gasteiger charge is 2.11. The monoisotopic (exact) mass is 289 g/mol. The van der Waals surface area contributed by atoms with Crippen LogP contribution in [0.4, 0.5) is 0 Å². The van der Waals surface area contributed by atoms with Gasteiger partial charge in [-0.3, -0.25) is 0 Å². The number of nitrogens with zero attached hydrogens (tertiary/aromatic N) is 2. The summed E-state index contributed by atoms with van der Waals surface area (Å²) in [4.78, 5) is 4.81. The van der Waals surface area contributed by atoms with Crippen molar-refractivity contribution in [1.82, 2.24) is 14.9 Å². The Morgan fingerprint density at radius 1 is 1.33 bits per heavy atom. The van der Waals surface area contributed by atoms with E-state index in [4.69, 9.17) is 9.72 Å². The first-order chi connectivity index (χ1) is 10.2. The first-order valence-electron chi connectivity index (χ1n) is 7.96. The van der Waals surface area contributed by atoms with Crippen LogP contribution in [0.1, 0.15) is 39.4 Å². The molecule has 0 spiro atoms. The van der Waals surface area contributed by atoms with E-state index in [9.17, 15) is 0 Å². The first-order valence-corrected chi connectivity index (χ1v) is 7.96. The van der Waals surface area contributed by atoms with Gasteiger partial charge in [-0.05, 0) is 39.4 Å². The zero-order valence-corrected chi connectivity index (χ0v) is 13.6. The van der Waals surface area contributed by atoms with Gasteiger partial charge in [-0.25, -0.2) is 4.98 Å². The fraction of sp³-hybridized carbons (Fsp3) is 0.588. The Morgan fingerprint density at radius 3 is 2.81 bits per heavy atom. The molecule has 116 valence electrons. The number of aromatic nitrogens is 2. The van der Waals surface area contributed by atoms with Gasteiger partial charge in [-0.1, -0.05) is 13.3 Å². The lowest BCUT2D eigenvalue weighted by Crippen LogP contribution is -2.14. The van der Waals surface area contributed by atoms with Crippen LogP contribution in [0, 0.1) is 0 Å². The van der Waals surface area contributed by atoms with Crippen LogP contribution in [-0.2, 0) is 13.0 Å². The zero-order chi connectivity index (χ0) is 15.2. The van der Waals surface area contributed by atoms with Crippen molar-refractivity contribution in [2.75, 3.05) is 13.6 Å². The molecule has 0 bridgehead atoms.